The van der Waals surface area contributed by atoms with Crippen molar-refractivity contribution >= 4 is 6.01 Å². The molecule has 4 nitrogen and oxygen atoms in total. The maximum Gasteiger partial charge on any atom is 0.315 e. The molecule has 0 amide bonds. The highest BCUT2D eigenvalue weighted by Crippen LogP contribution is 2.07. The number of hydrogen-bond donors (Lipinski definition) is 1. The van der Waals surface area contributed by atoms with Crippen LogP contribution in [0.3, 0.4) is 0 Å². The summed E-state index contributed by atoms with van der Waals surface area (Å²) < 4.78 is 5.27. The van der Waals surface area contributed by atoms with Crippen LogP contribution in [0.1, 0.15) is 33.1 Å². The number of aromatic nitrogens is 2. The van der Waals surface area contributed by atoms with Crippen LogP contribution in [0.2, 0.25) is 0 Å². The fourth-order valence-corrected chi connectivity index (χ4v) is 0.768. The van der Waals surface area contributed by atoms with Gasteiger partial charge in [-0.1, -0.05) is 18.9 Å². The topological polar surface area (TPSA) is 51.0 Å². The molecule has 0 bridgehead atoms. The third-order valence-electron chi connectivity index (χ3n) is 1.75. The summed E-state index contributed by atoms with van der Waals surface area (Å²) in [6, 6.07) is 0.913. The summed E-state index contributed by atoms with van der Waals surface area (Å²) in [5, 5.41) is 10.8. The quantitative estimate of drug-likeness (QED) is 0.747. The van der Waals surface area contributed by atoms with E-state index >= 15 is 0 Å². The Morgan fingerprint density at radius 2 is 2.17 bits per heavy atom. The zero-order valence-electron chi connectivity index (χ0n) is 7.79. The van der Waals surface area contributed by atoms with Crippen molar-refractivity contribution in [2.45, 2.75) is 39.7 Å². The van der Waals surface area contributed by atoms with Crippen LogP contribution < -0.4 is 5.32 Å². The van der Waals surface area contributed by atoms with Gasteiger partial charge < -0.3 is 9.73 Å². The van der Waals surface area contributed by atoms with Crippen molar-refractivity contribution in [2.24, 2.45) is 0 Å². The van der Waals surface area contributed by atoms with Crippen molar-refractivity contribution in [2.75, 3.05) is 5.32 Å². The molecule has 0 radical (unpaired) electrons. The Morgan fingerprint density at radius 1 is 1.42 bits per heavy atom. The van der Waals surface area contributed by atoms with Crippen LogP contribution in [0.4, 0.5) is 6.01 Å². The van der Waals surface area contributed by atoms with Gasteiger partial charge in [-0.05, 0) is 13.3 Å². The lowest BCUT2D eigenvalue weighted by Gasteiger charge is -2.06. The van der Waals surface area contributed by atoms with E-state index < -0.39 is 0 Å². The number of rotatable bonds is 4. The van der Waals surface area contributed by atoms with Crippen LogP contribution in [-0.2, 0) is 6.42 Å². The number of anilines is 1. The molecule has 0 spiro atoms. The van der Waals surface area contributed by atoms with Crippen molar-refractivity contribution < 1.29 is 4.42 Å². The van der Waals surface area contributed by atoms with Crippen LogP contribution in [-0.4, -0.2) is 16.2 Å². The lowest BCUT2D eigenvalue weighted by molar-refractivity contribution is 0.505. The molecule has 1 aromatic rings. The summed E-state index contributed by atoms with van der Waals surface area (Å²) in [6.45, 7) is 6.17. The summed E-state index contributed by atoms with van der Waals surface area (Å²) in [5.41, 5.74) is 0. The summed E-state index contributed by atoms with van der Waals surface area (Å²) in [4.78, 5) is 0. The van der Waals surface area contributed by atoms with Gasteiger partial charge in [0.15, 0.2) is 0 Å². The average molecular weight is 169 g/mol. The van der Waals surface area contributed by atoms with Gasteiger partial charge in [0.2, 0.25) is 5.89 Å². The fourth-order valence-electron chi connectivity index (χ4n) is 0.768. The predicted molar refractivity (Wildman–Crippen MR) is 47.1 cm³/mol. The largest absolute Gasteiger partial charge is 0.408 e. The summed E-state index contributed by atoms with van der Waals surface area (Å²) in [6.07, 6.45) is 1.83. The first kappa shape index (κ1) is 9.03. The molecule has 1 N–H and O–H groups in total. The molecule has 0 aromatic carbocycles. The van der Waals surface area contributed by atoms with Crippen molar-refractivity contribution in [3.8, 4) is 0 Å². The van der Waals surface area contributed by atoms with E-state index in [1.807, 2.05) is 6.92 Å². The molecule has 68 valence electrons. The van der Waals surface area contributed by atoms with E-state index in [1.165, 1.54) is 0 Å². The van der Waals surface area contributed by atoms with Gasteiger partial charge in [-0.2, -0.15) is 0 Å². The molecule has 12 heavy (non-hydrogen) atoms. The first-order valence-corrected chi connectivity index (χ1v) is 4.35. The molecule has 1 rings (SSSR count). The third kappa shape index (κ3) is 2.22. The van der Waals surface area contributed by atoms with Crippen LogP contribution in [0.15, 0.2) is 4.42 Å². The Balaban J connectivity index is 2.52. The third-order valence-corrected chi connectivity index (χ3v) is 1.75. The number of nitrogens with one attached hydrogen (secondary N) is 1. The molecule has 1 atom stereocenters. The molecule has 4 heteroatoms. The van der Waals surface area contributed by atoms with Gasteiger partial charge in [-0.25, -0.2) is 0 Å². The lowest BCUT2D eigenvalue weighted by atomic mass is 10.3. The van der Waals surface area contributed by atoms with E-state index in [-0.39, 0.29) is 0 Å². The molecule has 0 saturated heterocycles. The van der Waals surface area contributed by atoms with Crippen molar-refractivity contribution in [1.29, 1.82) is 0 Å². The Hall–Kier alpha value is -1.06. The zero-order valence-corrected chi connectivity index (χ0v) is 7.79. The Labute approximate surface area is 72.4 Å². The number of aryl methyl sites for hydroxylation is 1. The second-order valence-corrected chi connectivity index (χ2v) is 2.81. The minimum atomic E-state index is 0.384. The van der Waals surface area contributed by atoms with E-state index in [4.69, 9.17) is 4.42 Å². The van der Waals surface area contributed by atoms with Gasteiger partial charge in [-0.3, -0.25) is 0 Å². The molecule has 1 unspecified atom stereocenters. The zero-order chi connectivity index (χ0) is 8.97. The van der Waals surface area contributed by atoms with E-state index in [0.717, 1.165) is 12.8 Å². The van der Waals surface area contributed by atoms with Gasteiger partial charge in [0.25, 0.3) is 0 Å². The van der Waals surface area contributed by atoms with Crippen molar-refractivity contribution in [3.05, 3.63) is 5.89 Å². The second-order valence-electron chi connectivity index (χ2n) is 2.81. The summed E-state index contributed by atoms with van der Waals surface area (Å²) >= 11 is 0. The van der Waals surface area contributed by atoms with Gasteiger partial charge in [0.05, 0.1) is 0 Å². The standard InChI is InChI=1S/C8H15N3O/c1-4-6(3)9-8-11-10-7(5-2)12-8/h6H,4-5H2,1-3H3,(H,9,11). The van der Waals surface area contributed by atoms with Gasteiger partial charge in [0.1, 0.15) is 0 Å². The molecular formula is C8H15N3O. The molecule has 0 fully saturated rings. The van der Waals surface area contributed by atoms with Crippen molar-refractivity contribution in [1.82, 2.24) is 10.2 Å². The molecule has 0 aliphatic rings. The average Bonchev–Trinajstić information content (AvgIpc) is 2.52. The predicted octanol–water partition coefficient (Wildman–Crippen LogP) is 1.84. The maximum atomic E-state index is 5.27. The first-order chi connectivity index (χ1) is 5.76. The highest BCUT2D eigenvalue weighted by molar-refractivity contribution is 5.18. The monoisotopic (exact) mass is 169 g/mol. The molecule has 1 aromatic heterocycles. The Morgan fingerprint density at radius 3 is 2.67 bits per heavy atom. The van der Waals surface area contributed by atoms with E-state index in [2.05, 4.69) is 29.4 Å². The lowest BCUT2D eigenvalue weighted by Crippen LogP contribution is -2.13. The molecule has 0 aliphatic heterocycles. The second kappa shape index (κ2) is 4.09. The summed E-state index contributed by atoms with van der Waals surface area (Å²) in [7, 11) is 0. The fraction of sp³-hybridized carbons (Fsp3) is 0.750. The van der Waals surface area contributed by atoms with Gasteiger partial charge >= 0.3 is 6.01 Å². The van der Waals surface area contributed by atoms with E-state index in [9.17, 15) is 0 Å². The molecule has 0 saturated carbocycles. The highest BCUT2D eigenvalue weighted by atomic mass is 16.4. The van der Waals surface area contributed by atoms with Crippen LogP contribution in [0.5, 0.6) is 0 Å². The van der Waals surface area contributed by atoms with Crippen LogP contribution in [0.25, 0.3) is 0 Å². The van der Waals surface area contributed by atoms with E-state index in [0.29, 0.717) is 17.9 Å². The van der Waals surface area contributed by atoms with Gasteiger partial charge in [0, 0.05) is 12.5 Å². The van der Waals surface area contributed by atoms with Crippen molar-refractivity contribution in [3.63, 3.8) is 0 Å². The smallest absolute Gasteiger partial charge is 0.315 e. The number of nitrogens with zero attached hydrogens (tertiary/aromatic N) is 2. The van der Waals surface area contributed by atoms with Crippen LogP contribution in [0, 0.1) is 0 Å². The highest BCUT2D eigenvalue weighted by Gasteiger charge is 2.05. The molecule has 1 heterocycles. The Bertz CT molecular complexity index is 234. The Kier molecular flexibility index (Phi) is 3.08. The number of hydrogen-bond acceptors (Lipinski definition) is 4. The minimum Gasteiger partial charge on any atom is -0.408 e. The minimum absolute atomic E-state index is 0.384. The van der Waals surface area contributed by atoms with Gasteiger partial charge in [-0.15, -0.1) is 5.10 Å². The summed E-state index contributed by atoms with van der Waals surface area (Å²) in [5.74, 6) is 0.681. The SMILES string of the molecule is CCc1nnc(NC(C)CC)o1. The maximum absolute atomic E-state index is 5.27. The molecule has 0 aliphatic carbocycles. The van der Waals surface area contributed by atoms with E-state index in [1.54, 1.807) is 0 Å². The van der Waals surface area contributed by atoms with Crippen LogP contribution >= 0.6 is 0 Å². The normalized spacial score (nSPS) is 12.9. The first-order valence-electron chi connectivity index (χ1n) is 4.35. The molecular weight excluding hydrogens is 154 g/mol.